The van der Waals surface area contributed by atoms with Gasteiger partial charge < -0.3 is 27.2 Å². The number of aliphatic carboxylic acids is 1. The lowest BCUT2D eigenvalue weighted by molar-refractivity contribution is -0.138. The third-order valence-corrected chi connectivity index (χ3v) is 6.30. The standard InChI is InChI=1S/C30H43N5O4/c1-18-9-8-10-19(14-23(11-18)34-28(31)32)27(39)33-17-25(36)35-24(16-26(37)38)20-12-21(29(2,3)4)15-22(13-20)30(5,6)7/h8,10-15,18,24H,9,16-17H2,1-7H3,(H,33,39)(H,35,36)(H,37,38)(H4,31,32,34)/b10-8?,19-14+,23-11?. The van der Waals surface area contributed by atoms with Crippen molar-refractivity contribution in [2.45, 2.75) is 78.2 Å². The van der Waals surface area contributed by atoms with Crippen molar-refractivity contribution in [1.82, 2.24) is 10.6 Å². The largest absolute Gasteiger partial charge is 0.481 e. The van der Waals surface area contributed by atoms with Crippen molar-refractivity contribution in [3.63, 3.8) is 0 Å². The number of aliphatic imine (C=N–C) groups is 1. The predicted octanol–water partition coefficient (Wildman–Crippen LogP) is 3.71. The van der Waals surface area contributed by atoms with Crippen molar-refractivity contribution in [3.05, 3.63) is 70.5 Å². The second-order valence-corrected chi connectivity index (χ2v) is 12.1. The van der Waals surface area contributed by atoms with Crippen LogP contribution in [0.1, 0.15) is 84.0 Å². The van der Waals surface area contributed by atoms with Gasteiger partial charge in [0.15, 0.2) is 5.96 Å². The van der Waals surface area contributed by atoms with Gasteiger partial charge in [-0.3, -0.25) is 14.4 Å². The molecule has 2 atom stereocenters. The van der Waals surface area contributed by atoms with Gasteiger partial charge in [0, 0.05) is 5.57 Å². The van der Waals surface area contributed by atoms with Crippen molar-refractivity contribution >= 4 is 23.7 Å². The van der Waals surface area contributed by atoms with Gasteiger partial charge in [-0.15, -0.1) is 0 Å². The van der Waals surface area contributed by atoms with Crippen molar-refractivity contribution in [2.24, 2.45) is 22.4 Å². The van der Waals surface area contributed by atoms with Gasteiger partial charge >= 0.3 is 5.97 Å². The summed E-state index contributed by atoms with van der Waals surface area (Å²) < 4.78 is 0. The molecule has 7 N–H and O–H groups in total. The Kier molecular flexibility index (Phi) is 10.3. The van der Waals surface area contributed by atoms with Crippen LogP contribution < -0.4 is 22.1 Å². The molecule has 1 aliphatic carbocycles. The van der Waals surface area contributed by atoms with E-state index in [1.807, 2.05) is 31.2 Å². The van der Waals surface area contributed by atoms with Gasteiger partial charge in [0.2, 0.25) is 5.91 Å². The molecule has 39 heavy (non-hydrogen) atoms. The van der Waals surface area contributed by atoms with E-state index in [-0.39, 0.29) is 35.7 Å². The van der Waals surface area contributed by atoms with E-state index < -0.39 is 23.8 Å². The Balaban J connectivity index is 2.27. The molecule has 0 saturated carbocycles. The maximum atomic E-state index is 12.9. The van der Waals surface area contributed by atoms with E-state index in [4.69, 9.17) is 11.5 Å². The van der Waals surface area contributed by atoms with Crippen LogP contribution in [0, 0.1) is 5.92 Å². The number of amides is 2. The Bertz CT molecular complexity index is 1180. The average Bonchev–Trinajstić information content (AvgIpc) is 2.78. The molecule has 9 nitrogen and oxygen atoms in total. The Labute approximate surface area is 231 Å². The third-order valence-electron chi connectivity index (χ3n) is 6.30. The molecule has 9 heteroatoms. The molecular weight excluding hydrogens is 494 g/mol. The zero-order chi connectivity index (χ0) is 29.5. The lowest BCUT2D eigenvalue weighted by atomic mass is 9.78. The van der Waals surface area contributed by atoms with Crippen LogP contribution in [-0.2, 0) is 25.2 Å². The first-order chi connectivity index (χ1) is 18.0. The van der Waals surface area contributed by atoms with Crippen LogP contribution in [-0.4, -0.2) is 35.4 Å². The van der Waals surface area contributed by atoms with Crippen LogP contribution in [0.2, 0.25) is 0 Å². The summed E-state index contributed by atoms with van der Waals surface area (Å²) in [5.41, 5.74) is 14.2. The van der Waals surface area contributed by atoms with E-state index in [9.17, 15) is 19.5 Å². The van der Waals surface area contributed by atoms with E-state index in [0.29, 0.717) is 23.3 Å². The Hall–Kier alpha value is -3.88. The molecule has 1 aromatic rings. The number of guanidine groups is 1. The number of rotatable bonds is 8. The normalized spacial score (nSPS) is 18.0. The summed E-state index contributed by atoms with van der Waals surface area (Å²) in [6.07, 6.45) is 7.34. The fourth-order valence-electron chi connectivity index (χ4n) is 4.04. The maximum Gasteiger partial charge on any atom is 0.305 e. The molecule has 0 heterocycles. The number of carbonyl (C=O) groups excluding carboxylic acids is 2. The van der Waals surface area contributed by atoms with E-state index in [2.05, 4.69) is 63.2 Å². The molecule has 0 aromatic heterocycles. The molecule has 0 aliphatic heterocycles. The number of hydrogen-bond acceptors (Lipinski definition) is 4. The molecular formula is C30H43N5O4. The molecule has 0 saturated heterocycles. The van der Waals surface area contributed by atoms with Crippen LogP contribution in [0.5, 0.6) is 0 Å². The Morgan fingerprint density at radius 3 is 2.15 bits per heavy atom. The SMILES string of the molecule is CC1C=C(N=C(N)N)/C=C(/C(=O)NCC(=O)NC(CC(=O)O)c2cc(C(C)(C)C)cc(C(C)(C)C)c2)C=CC1. The third kappa shape index (κ3) is 10.1. The summed E-state index contributed by atoms with van der Waals surface area (Å²) in [5, 5.41) is 15.0. The topological polar surface area (TPSA) is 160 Å². The molecule has 1 aliphatic rings. The molecule has 0 bridgehead atoms. The molecule has 2 amide bonds. The van der Waals surface area contributed by atoms with Gasteiger partial charge in [-0.25, -0.2) is 4.99 Å². The van der Waals surface area contributed by atoms with Crippen LogP contribution in [0.15, 0.2) is 58.8 Å². The number of nitrogens with two attached hydrogens (primary N) is 2. The molecule has 0 radical (unpaired) electrons. The number of hydrogen-bond donors (Lipinski definition) is 5. The molecule has 2 rings (SSSR count). The quantitative estimate of drug-likeness (QED) is 0.251. The fraction of sp³-hybridized carbons (Fsp3) is 0.467. The van der Waals surface area contributed by atoms with E-state index in [0.717, 1.165) is 11.1 Å². The summed E-state index contributed by atoms with van der Waals surface area (Å²) >= 11 is 0. The van der Waals surface area contributed by atoms with Crippen molar-refractivity contribution in [3.8, 4) is 0 Å². The molecule has 2 unspecified atom stereocenters. The zero-order valence-corrected chi connectivity index (χ0v) is 24.1. The van der Waals surface area contributed by atoms with Crippen molar-refractivity contribution < 1.29 is 19.5 Å². The van der Waals surface area contributed by atoms with Crippen LogP contribution in [0.3, 0.4) is 0 Å². The summed E-state index contributed by atoms with van der Waals surface area (Å²) in [4.78, 5) is 41.6. The highest BCUT2D eigenvalue weighted by Gasteiger charge is 2.25. The van der Waals surface area contributed by atoms with Crippen LogP contribution in [0.25, 0.3) is 0 Å². The van der Waals surface area contributed by atoms with Gasteiger partial charge in [0.1, 0.15) is 0 Å². The number of allylic oxidation sites excluding steroid dienone is 3. The smallest absolute Gasteiger partial charge is 0.305 e. The Morgan fingerprint density at radius 2 is 1.64 bits per heavy atom. The number of benzene rings is 1. The number of carbonyl (C=O) groups is 3. The van der Waals surface area contributed by atoms with Crippen LogP contribution in [0.4, 0.5) is 0 Å². The van der Waals surface area contributed by atoms with Gasteiger partial charge in [0.25, 0.3) is 5.91 Å². The monoisotopic (exact) mass is 537 g/mol. The zero-order valence-electron chi connectivity index (χ0n) is 24.1. The van der Waals surface area contributed by atoms with Gasteiger partial charge in [0.05, 0.1) is 24.7 Å². The first kappa shape index (κ1) is 31.3. The Morgan fingerprint density at radius 1 is 1.05 bits per heavy atom. The van der Waals surface area contributed by atoms with E-state index >= 15 is 0 Å². The minimum atomic E-state index is -1.04. The number of nitrogens with zero attached hydrogens (tertiary/aromatic N) is 1. The fourth-order valence-corrected chi connectivity index (χ4v) is 4.04. The maximum absolute atomic E-state index is 12.9. The highest BCUT2D eigenvalue weighted by Crippen LogP contribution is 2.33. The van der Waals surface area contributed by atoms with Crippen LogP contribution >= 0.6 is 0 Å². The van der Waals surface area contributed by atoms with Crippen molar-refractivity contribution in [2.75, 3.05) is 6.54 Å². The predicted molar refractivity (Wildman–Crippen MR) is 155 cm³/mol. The highest BCUT2D eigenvalue weighted by molar-refractivity contribution is 5.98. The summed E-state index contributed by atoms with van der Waals surface area (Å²) in [5.74, 6) is -1.97. The van der Waals surface area contributed by atoms with Gasteiger partial charge in [-0.1, -0.05) is 84.9 Å². The molecule has 212 valence electrons. The van der Waals surface area contributed by atoms with Gasteiger partial charge in [-0.2, -0.15) is 0 Å². The first-order valence-corrected chi connectivity index (χ1v) is 13.1. The number of carboxylic acids is 1. The van der Waals surface area contributed by atoms with Crippen molar-refractivity contribution in [1.29, 1.82) is 0 Å². The van der Waals surface area contributed by atoms with Gasteiger partial charge in [-0.05, 0) is 45.9 Å². The lowest BCUT2D eigenvalue weighted by Crippen LogP contribution is -2.39. The average molecular weight is 538 g/mol. The number of carboxylic acid groups (broad SMARTS) is 1. The molecule has 0 fully saturated rings. The second-order valence-electron chi connectivity index (χ2n) is 12.1. The number of nitrogens with one attached hydrogen (secondary N) is 2. The summed E-state index contributed by atoms with van der Waals surface area (Å²) in [6.45, 7) is 14.2. The first-order valence-electron chi connectivity index (χ1n) is 13.1. The van der Waals surface area contributed by atoms with E-state index in [1.165, 1.54) is 0 Å². The minimum Gasteiger partial charge on any atom is -0.481 e. The van der Waals surface area contributed by atoms with E-state index in [1.54, 1.807) is 12.2 Å². The molecule has 1 aromatic carbocycles. The summed E-state index contributed by atoms with van der Waals surface area (Å²) in [6, 6.07) is 5.26. The highest BCUT2D eigenvalue weighted by atomic mass is 16.4. The lowest BCUT2D eigenvalue weighted by Gasteiger charge is -2.28. The molecule has 0 spiro atoms. The second kappa shape index (κ2) is 12.8. The minimum absolute atomic E-state index is 0.122. The summed E-state index contributed by atoms with van der Waals surface area (Å²) in [7, 11) is 0.